The van der Waals surface area contributed by atoms with Crippen molar-refractivity contribution in [2.45, 2.75) is 125 Å². The number of hydrogen-bond acceptors (Lipinski definition) is 20. The topological polar surface area (TPSA) is 249 Å². The highest BCUT2D eigenvalue weighted by Gasteiger charge is 2.52. The van der Waals surface area contributed by atoms with Gasteiger partial charge in [0.1, 0.15) is 46.6 Å². The molecule has 0 aliphatic carbocycles. The van der Waals surface area contributed by atoms with Gasteiger partial charge in [-0.3, -0.25) is 4.98 Å². The Morgan fingerprint density at radius 1 is 0.432 bits per heavy atom. The molecule has 12 rings (SSSR count). The molecular formula is C90H88BCl6F8N3O17. The number of ether oxygens (including phenoxy) is 9. The normalized spacial score (nSPS) is 12.0. The quantitative estimate of drug-likeness (QED) is 0.0199. The molecule has 8 aromatic carbocycles. The molecule has 666 valence electrons. The molecule has 20 nitrogen and oxygen atoms in total. The molecular weight excluding hydrogens is 1770 g/mol. The average Bonchev–Trinajstić information content (AvgIpc) is 1.42. The maximum Gasteiger partial charge on any atom is 0.508 e. The van der Waals surface area contributed by atoms with Gasteiger partial charge in [-0.05, 0) is 225 Å². The summed E-state index contributed by atoms with van der Waals surface area (Å²) in [5.41, 5.74) is 8.61. The Morgan fingerprint density at radius 2 is 0.752 bits per heavy atom. The number of benzene rings is 8. The van der Waals surface area contributed by atoms with Crippen molar-refractivity contribution in [1.82, 2.24) is 15.0 Å². The van der Waals surface area contributed by atoms with Crippen LogP contribution in [0.25, 0.3) is 44.5 Å². The van der Waals surface area contributed by atoms with Gasteiger partial charge >= 0.3 is 57.1 Å². The summed E-state index contributed by atoms with van der Waals surface area (Å²) in [5.74, 6) is -0.751. The van der Waals surface area contributed by atoms with E-state index in [2.05, 4.69) is 64.4 Å². The van der Waals surface area contributed by atoms with E-state index in [4.69, 9.17) is 65.6 Å². The number of alkyl halides is 8. The minimum atomic E-state index is -2.95. The predicted octanol–water partition coefficient (Wildman–Crippen LogP) is 23.8. The maximum absolute atomic E-state index is 12.8. The van der Waals surface area contributed by atoms with Crippen LogP contribution >= 0.6 is 70.4 Å². The molecule has 3 aromatic heterocycles. The van der Waals surface area contributed by atoms with E-state index in [0.29, 0.717) is 94.3 Å². The van der Waals surface area contributed by atoms with Crippen LogP contribution in [0.15, 0.2) is 225 Å². The average molecular weight is 1860 g/mol. The number of rotatable bonds is 23. The highest BCUT2D eigenvalue weighted by Crippen LogP contribution is 2.40. The molecule has 1 fully saturated rings. The minimum Gasteiger partial charge on any atom is -0.464 e. The molecule has 125 heavy (non-hydrogen) atoms. The highest BCUT2D eigenvalue weighted by molar-refractivity contribution is 6.62. The molecule has 0 atom stereocenters. The van der Waals surface area contributed by atoms with Crippen LogP contribution in [0.5, 0.6) is 23.0 Å². The Morgan fingerprint density at radius 3 is 1.04 bits per heavy atom. The van der Waals surface area contributed by atoms with Gasteiger partial charge in [0.25, 0.3) is 0 Å². The summed E-state index contributed by atoms with van der Waals surface area (Å²) in [6.45, 7) is 3.36. The lowest BCUT2D eigenvalue weighted by molar-refractivity contribution is -0.0501. The second kappa shape index (κ2) is 51.0. The number of hydrogen-bond donors (Lipinski definition) is 2. The third kappa shape index (κ3) is 33.9. The SMILES string of the molecule is CC.CC(C)(O)c1ccc(Cc2ccc(OC(F)F)c(-c3cccc(Cl)c3)c2)cn1.COC(=O)Cl.COC(=O)OCc1ccc(OC(F)F)c(-c2cccc(Cl)c2)c1.COC(=O)c1ccc(B2OC(C)(C)C(C)(C)O2)cn1.COC(=O)c1ccc(Cc2ccc(OC(F)F)c(-c3cccc(Cl)c3)c2)cn1.Cl.OCc1ccc(OC(F)F)c(-c2cccc(Cl)c2)c1. The zero-order valence-corrected chi connectivity index (χ0v) is 73.9. The molecule has 2 N–H and O–H groups in total. The molecule has 4 heterocycles. The van der Waals surface area contributed by atoms with Crippen LogP contribution in [0.3, 0.4) is 0 Å². The van der Waals surface area contributed by atoms with E-state index in [1.165, 1.54) is 64.8 Å². The number of halogens is 14. The number of aliphatic hydroxyl groups is 2. The van der Waals surface area contributed by atoms with Crippen LogP contribution in [0.2, 0.25) is 20.1 Å². The van der Waals surface area contributed by atoms with E-state index in [1.54, 1.807) is 190 Å². The van der Waals surface area contributed by atoms with Crippen LogP contribution in [-0.4, -0.2) is 122 Å². The molecule has 1 aliphatic rings. The van der Waals surface area contributed by atoms with Gasteiger partial charge in [-0.15, -0.1) is 12.4 Å². The summed E-state index contributed by atoms with van der Waals surface area (Å²) in [7, 11) is 4.56. The number of aromatic nitrogens is 3. The molecule has 0 bridgehead atoms. The van der Waals surface area contributed by atoms with Crippen molar-refractivity contribution in [3.8, 4) is 67.5 Å². The summed E-state index contributed by atoms with van der Waals surface area (Å²) >= 11 is 28.5. The van der Waals surface area contributed by atoms with Gasteiger partial charge in [0.2, 0.25) is 0 Å². The Bertz CT molecular complexity index is 5270. The van der Waals surface area contributed by atoms with Crippen molar-refractivity contribution in [2.24, 2.45) is 0 Å². The fourth-order valence-corrected chi connectivity index (χ4v) is 11.9. The third-order valence-corrected chi connectivity index (χ3v) is 18.7. The molecule has 0 unspecified atom stereocenters. The molecule has 1 aliphatic heterocycles. The van der Waals surface area contributed by atoms with E-state index in [9.17, 15) is 59.4 Å². The van der Waals surface area contributed by atoms with Gasteiger partial charge < -0.3 is 62.2 Å². The van der Waals surface area contributed by atoms with Crippen molar-refractivity contribution >= 4 is 107 Å². The summed E-state index contributed by atoms with van der Waals surface area (Å²) in [6, 6.07) is 56.9. The smallest absolute Gasteiger partial charge is 0.464 e. The first kappa shape index (κ1) is 105. The predicted molar refractivity (Wildman–Crippen MR) is 466 cm³/mol. The first-order valence-corrected chi connectivity index (χ1v) is 39.2. The number of methoxy groups -OCH3 is 4. The molecule has 11 aromatic rings. The van der Waals surface area contributed by atoms with Gasteiger partial charge in [-0.25, -0.2) is 29.1 Å². The standard InChI is InChI=1S/C22H20ClF2NO2.C21H16ClF2NO3.C16H13ClF2O4.C14H11ClF2O2.C13H18BNO4.C2H3ClO2.C2H6.ClH/c1-22(2,27)20-9-7-15(13-26-20)10-14-6-8-19(28-21(24)25)18(11-14)16-4-3-5-17(23)12-16;1-27-20(26)18-7-5-14(12-25-18)9-13-6-8-19(28-21(23)24)17(10-13)15-3-2-4-16(22)11-15;1-21-16(20)22-9-10-5-6-14(23-15(18)19)13(7-10)11-3-2-4-12(17)8-11;15-11-3-1-2-10(7-11)12-6-9(8-18)4-5-13(12)19-14(16)17;1-12(2)13(3,4)19-14(18-12)9-6-7-10(15-8-9)11(16)17-5;1-5-2(3)4;1-2;/h3-9,11-13,21,27H,10H2,1-2H3;2-8,10-12,21H,9H2,1H3;2-8,15H,9H2,1H3;1-7,14,18H,8H2;6-8H,1-5H3;1H3;1-2H3;1H. The summed E-state index contributed by atoms with van der Waals surface area (Å²) in [6.07, 6.45) is 5.08. The monoisotopic (exact) mass is 1860 g/mol. The van der Waals surface area contributed by atoms with E-state index >= 15 is 0 Å². The van der Waals surface area contributed by atoms with Gasteiger partial charge in [-0.1, -0.05) is 151 Å². The largest absolute Gasteiger partial charge is 0.508 e. The Kier molecular flexibility index (Phi) is 42.7. The fraction of sp³-hybridized carbons (Fsp3) is 0.256. The number of nitrogens with zero attached hydrogens (tertiary/aromatic N) is 3. The lowest BCUT2D eigenvalue weighted by Crippen LogP contribution is -2.41. The summed E-state index contributed by atoms with van der Waals surface area (Å²) < 4.78 is 154. The van der Waals surface area contributed by atoms with Crippen LogP contribution < -0.4 is 24.4 Å². The number of pyridine rings is 3. The number of carbonyl (C=O) groups excluding carboxylic acids is 4. The van der Waals surface area contributed by atoms with E-state index < -0.39 is 73.9 Å². The van der Waals surface area contributed by atoms with Crippen LogP contribution in [-0.2, 0) is 64.6 Å². The molecule has 35 heteroatoms. The van der Waals surface area contributed by atoms with Crippen LogP contribution in [0, 0.1) is 0 Å². The molecule has 1 saturated heterocycles. The number of esters is 2. The van der Waals surface area contributed by atoms with Crippen molar-refractivity contribution < 1.29 is 116 Å². The van der Waals surface area contributed by atoms with Gasteiger partial charge in [-0.2, -0.15) is 35.1 Å². The van der Waals surface area contributed by atoms with E-state index in [-0.39, 0.29) is 60.0 Å². The van der Waals surface area contributed by atoms with E-state index in [1.807, 2.05) is 53.7 Å². The second-order valence-corrected chi connectivity index (χ2v) is 29.3. The Labute approximate surface area is 749 Å². The van der Waals surface area contributed by atoms with Crippen LogP contribution in [0.4, 0.5) is 44.7 Å². The molecule has 0 spiro atoms. The van der Waals surface area contributed by atoms with Crippen molar-refractivity contribution in [1.29, 1.82) is 0 Å². The zero-order chi connectivity index (χ0) is 91.6. The van der Waals surface area contributed by atoms with Gasteiger partial charge in [0.15, 0.2) is 0 Å². The third-order valence-electron chi connectivity index (χ3n) is 17.6. The van der Waals surface area contributed by atoms with E-state index in [0.717, 1.165) is 27.7 Å². The van der Waals surface area contributed by atoms with Gasteiger partial charge in [0.05, 0.1) is 51.9 Å². The Balaban J connectivity index is 0.000000274. The van der Waals surface area contributed by atoms with Gasteiger partial charge in [0, 0.05) is 78.0 Å². The number of carbonyl (C=O) groups is 4. The lowest BCUT2D eigenvalue weighted by atomic mass is 9.80. The fourth-order valence-electron chi connectivity index (χ4n) is 11.1. The van der Waals surface area contributed by atoms with Crippen LogP contribution in [0.1, 0.15) is 115 Å². The van der Waals surface area contributed by atoms with Crippen molar-refractivity contribution in [3.05, 3.63) is 295 Å². The second-order valence-electron chi connectivity index (χ2n) is 27.3. The summed E-state index contributed by atoms with van der Waals surface area (Å²) in [5, 5.41) is 21.1. The van der Waals surface area contributed by atoms with Crippen molar-refractivity contribution in [2.75, 3.05) is 28.4 Å². The lowest BCUT2D eigenvalue weighted by Gasteiger charge is -2.32. The molecule has 0 saturated carbocycles. The van der Waals surface area contributed by atoms with Crippen molar-refractivity contribution in [3.63, 3.8) is 0 Å². The zero-order valence-electron chi connectivity index (χ0n) is 69.3. The molecule has 0 amide bonds. The summed E-state index contributed by atoms with van der Waals surface area (Å²) in [4.78, 5) is 55.6. The highest BCUT2D eigenvalue weighted by atomic mass is 35.5. The first-order chi connectivity index (χ1) is 58.8. The number of aliphatic hydroxyl groups excluding tert-OH is 1. The Hall–Kier alpha value is -10.8. The minimum absolute atomic E-state index is 0. The maximum atomic E-state index is 12.8. The molecule has 0 radical (unpaired) electrons. The first-order valence-electron chi connectivity index (χ1n) is 37.3.